The maximum Gasteiger partial charge on any atom is 0.326 e. The Balaban J connectivity index is 2.49. The number of carbonyl (C=O) groups is 3. The van der Waals surface area contributed by atoms with Gasteiger partial charge in [-0.05, 0) is 19.3 Å². The zero-order valence-electron chi connectivity index (χ0n) is 10.8. The predicted molar refractivity (Wildman–Crippen MR) is 66.9 cm³/mol. The minimum Gasteiger partial charge on any atom is -0.481 e. The van der Waals surface area contributed by atoms with E-state index in [4.69, 9.17) is 10.2 Å². The monoisotopic (exact) mass is 272 g/mol. The first-order valence-electron chi connectivity index (χ1n) is 6.50. The highest BCUT2D eigenvalue weighted by molar-refractivity contribution is 5.83. The summed E-state index contributed by atoms with van der Waals surface area (Å²) in [6, 6.07) is -1.56. The summed E-state index contributed by atoms with van der Waals surface area (Å²) >= 11 is 0. The van der Waals surface area contributed by atoms with Crippen molar-refractivity contribution in [3.63, 3.8) is 0 Å². The van der Waals surface area contributed by atoms with Gasteiger partial charge in [-0.2, -0.15) is 0 Å². The molecule has 0 aromatic rings. The second kappa shape index (κ2) is 7.60. The van der Waals surface area contributed by atoms with Gasteiger partial charge in [0.15, 0.2) is 0 Å². The lowest BCUT2D eigenvalue weighted by molar-refractivity contribution is -0.140. The molecule has 0 spiro atoms. The van der Waals surface area contributed by atoms with E-state index in [1.54, 1.807) is 4.90 Å². The van der Waals surface area contributed by atoms with Crippen molar-refractivity contribution in [2.24, 2.45) is 0 Å². The van der Waals surface area contributed by atoms with E-state index in [0.29, 0.717) is 13.1 Å². The van der Waals surface area contributed by atoms with E-state index in [-0.39, 0.29) is 12.8 Å². The lowest BCUT2D eigenvalue weighted by atomic mass is 10.1. The minimum atomic E-state index is -1.20. The number of carboxylic acids is 2. The summed E-state index contributed by atoms with van der Waals surface area (Å²) < 4.78 is 0. The highest BCUT2D eigenvalue weighted by atomic mass is 16.4. The Labute approximate surface area is 111 Å². The van der Waals surface area contributed by atoms with E-state index in [9.17, 15) is 14.4 Å². The summed E-state index contributed by atoms with van der Waals surface area (Å²) in [7, 11) is 0. The number of carbonyl (C=O) groups excluding carboxylic acids is 1. The Morgan fingerprint density at radius 1 is 1.05 bits per heavy atom. The quantitative estimate of drug-likeness (QED) is 0.689. The number of hydrogen-bond acceptors (Lipinski definition) is 3. The Bertz CT molecular complexity index is 337. The Hall–Kier alpha value is -1.79. The smallest absolute Gasteiger partial charge is 0.326 e. The van der Waals surface area contributed by atoms with Crippen LogP contribution >= 0.6 is 0 Å². The first kappa shape index (κ1) is 15.3. The molecule has 1 fully saturated rings. The third kappa shape index (κ3) is 5.58. The fourth-order valence-electron chi connectivity index (χ4n) is 2.04. The Morgan fingerprint density at radius 3 is 2.11 bits per heavy atom. The van der Waals surface area contributed by atoms with Gasteiger partial charge in [0, 0.05) is 19.5 Å². The van der Waals surface area contributed by atoms with Crippen molar-refractivity contribution in [2.75, 3.05) is 13.1 Å². The molecule has 0 aromatic heterocycles. The van der Waals surface area contributed by atoms with Crippen LogP contribution < -0.4 is 5.32 Å². The van der Waals surface area contributed by atoms with E-state index in [0.717, 1.165) is 25.7 Å². The van der Waals surface area contributed by atoms with Crippen molar-refractivity contribution in [3.8, 4) is 0 Å². The standard InChI is InChI=1S/C12H20N2O5/c15-10(16)6-5-9(11(17)18)13-12(19)14-7-3-1-2-4-8-14/h9H,1-8H2,(H,13,19)(H,15,16)(H,17,18). The molecule has 1 saturated heterocycles. The normalized spacial score (nSPS) is 17.4. The zero-order valence-corrected chi connectivity index (χ0v) is 10.8. The molecule has 7 heteroatoms. The lowest BCUT2D eigenvalue weighted by Crippen LogP contribution is -2.48. The van der Waals surface area contributed by atoms with Crippen molar-refractivity contribution < 1.29 is 24.6 Å². The number of hydrogen-bond donors (Lipinski definition) is 3. The van der Waals surface area contributed by atoms with Gasteiger partial charge in [-0.3, -0.25) is 4.79 Å². The van der Waals surface area contributed by atoms with Gasteiger partial charge in [0.1, 0.15) is 6.04 Å². The fraction of sp³-hybridized carbons (Fsp3) is 0.750. The SMILES string of the molecule is O=C(O)CCC(NC(=O)N1CCCCCC1)C(=O)O. The Morgan fingerprint density at radius 2 is 1.63 bits per heavy atom. The number of nitrogens with zero attached hydrogens (tertiary/aromatic N) is 1. The largest absolute Gasteiger partial charge is 0.481 e. The number of carboxylic acid groups (broad SMARTS) is 2. The van der Waals surface area contributed by atoms with E-state index in [2.05, 4.69) is 5.32 Å². The molecule has 1 atom stereocenters. The minimum absolute atomic E-state index is 0.107. The molecule has 0 saturated carbocycles. The number of urea groups is 1. The molecule has 0 bridgehead atoms. The van der Waals surface area contributed by atoms with Gasteiger partial charge in [-0.25, -0.2) is 9.59 Å². The van der Waals surface area contributed by atoms with Crippen molar-refractivity contribution in [3.05, 3.63) is 0 Å². The van der Waals surface area contributed by atoms with Crippen LogP contribution in [0.15, 0.2) is 0 Å². The lowest BCUT2D eigenvalue weighted by Gasteiger charge is -2.23. The van der Waals surface area contributed by atoms with Gasteiger partial charge >= 0.3 is 18.0 Å². The van der Waals surface area contributed by atoms with Crippen LogP contribution in [-0.4, -0.2) is 52.2 Å². The molecule has 0 aromatic carbocycles. The molecular formula is C12H20N2O5. The number of amides is 2. The van der Waals surface area contributed by atoms with Crippen LogP contribution in [0.4, 0.5) is 4.79 Å². The second-order valence-electron chi connectivity index (χ2n) is 4.67. The van der Waals surface area contributed by atoms with Crippen LogP contribution in [0.2, 0.25) is 0 Å². The number of rotatable bonds is 5. The van der Waals surface area contributed by atoms with Crippen LogP contribution in [-0.2, 0) is 9.59 Å². The third-order valence-corrected chi connectivity index (χ3v) is 3.14. The summed E-state index contributed by atoms with van der Waals surface area (Å²) in [4.78, 5) is 34.9. The molecule has 19 heavy (non-hydrogen) atoms. The van der Waals surface area contributed by atoms with Crippen molar-refractivity contribution in [1.29, 1.82) is 0 Å². The molecule has 3 N–H and O–H groups in total. The average molecular weight is 272 g/mol. The molecule has 1 unspecified atom stereocenters. The van der Waals surface area contributed by atoms with Crippen LogP contribution in [0, 0.1) is 0 Å². The number of aliphatic carboxylic acids is 2. The molecule has 1 heterocycles. The summed E-state index contributed by atoms with van der Waals surface area (Å²) in [6.07, 6.45) is 3.60. The highest BCUT2D eigenvalue weighted by Crippen LogP contribution is 2.10. The summed E-state index contributed by atoms with van der Waals surface area (Å²) in [5.74, 6) is -2.28. The number of nitrogens with one attached hydrogen (secondary N) is 1. The van der Waals surface area contributed by atoms with Crippen LogP contribution in [0.5, 0.6) is 0 Å². The molecule has 0 radical (unpaired) electrons. The van der Waals surface area contributed by atoms with Gasteiger partial charge in [0.05, 0.1) is 0 Å². The summed E-state index contributed by atoms with van der Waals surface area (Å²) in [5, 5.41) is 19.9. The second-order valence-corrected chi connectivity index (χ2v) is 4.67. The van der Waals surface area contributed by atoms with Gasteiger partial charge in [0.25, 0.3) is 0 Å². The first-order valence-corrected chi connectivity index (χ1v) is 6.50. The highest BCUT2D eigenvalue weighted by Gasteiger charge is 2.24. The number of likely N-dealkylation sites (tertiary alicyclic amines) is 1. The molecular weight excluding hydrogens is 252 g/mol. The Kier molecular flexibility index (Phi) is 6.11. The van der Waals surface area contributed by atoms with E-state index in [1.165, 1.54) is 0 Å². The molecule has 1 aliphatic rings. The van der Waals surface area contributed by atoms with Gasteiger partial charge in [-0.15, -0.1) is 0 Å². The predicted octanol–water partition coefficient (Wildman–Crippen LogP) is 0.890. The average Bonchev–Trinajstić information content (AvgIpc) is 2.62. The summed E-state index contributed by atoms with van der Waals surface area (Å²) in [6.45, 7) is 1.24. The summed E-state index contributed by atoms with van der Waals surface area (Å²) in [5.41, 5.74) is 0. The van der Waals surface area contributed by atoms with E-state index < -0.39 is 24.0 Å². The molecule has 1 aliphatic heterocycles. The molecule has 1 rings (SSSR count). The van der Waals surface area contributed by atoms with E-state index in [1.807, 2.05) is 0 Å². The maximum absolute atomic E-state index is 11.9. The van der Waals surface area contributed by atoms with Crippen molar-refractivity contribution in [2.45, 2.75) is 44.6 Å². The van der Waals surface area contributed by atoms with Crippen LogP contribution in [0.1, 0.15) is 38.5 Å². The fourth-order valence-corrected chi connectivity index (χ4v) is 2.04. The molecule has 0 aliphatic carbocycles. The molecule has 7 nitrogen and oxygen atoms in total. The van der Waals surface area contributed by atoms with Gasteiger partial charge in [-0.1, -0.05) is 12.8 Å². The van der Waals surface area contributed by atoms with Crippen molar-refractivity contribution in [1.82, 2.24) is 10.2 Å². The van der Waals surface area contributed by atoms with E-state index >= 15 is 0 Å². The third-order valence-electron chi connectivity index (χ3n) is 3.14. The van der Waals surface area contributed by atoms with Gasteiger partial charge < -0.3 is 20.4 Å². The molecule has 108 valence electrons. The maximum atomic E-state index is 11.9. The topological polar surface area (TPSA) is 107 Å². The van der Waals surface area contributed by atoms with Crippen LogP contribution in [0.25, 0.3) is 0 Å². The van der Waals surface area contributed by atoms with Crippen LogP contribution in [0.3, 0.4) is 0 Å². The van der Waals surface area contributed by atoms with Gasteiger partial charge in [0.2, 0.25) is 0 Å². The zero-order chi connectivity index (χ0) is 14.3. The first-order chi connectivity index (χ1) is 9.00. The van der Waals surface area contributed by atoms with Crippen molar-refractivity contribution >= 4 is 18.0 Å². The molecule has 2 amide bonds.